The number of H-pyrrole nitrogens is 1. The van der Waals surface area contributed by atoms with Gasteiger partial charge < -0.3 is 15.0 Å². The maximum absolute atomic E-state index is 5.69. The summed E-state index contributed by atoms with van der Waals surface area (Å²) < 4.78 is 6.76. The molecule has 2 aromatic carbocycles. The molecule has 128 valence electrons. The fourth-order valence-electron chi connectivity index (χ4n) is 2.77. The molecule has 0 aliphatic carbocycles. The summed E-state index contributed by atoms with van der Waals surface area (Å²) in [6.07, 6.45) is 3.11. The number of ether oxygens (including phenoxy) is 1. The molecule has 0 saturated carbocycles. The molecule has 24 heavy (non-hydrogen) atoms. The first-order chi connectivity index (χ1) is 11.3. The van der Waals surface area contributed by atoms with E-state index in [0.717, 1.165) is 29.7 Å². The standard InChI is InChI=1S/C19H21BrN2O.ClH/c1-2-23-19-8-7-16(20)11-15(19)12-21-10-9-14-13-22-18-6-4-3-5-17(14)18;/h3-8,11,13,21-22H,2,9-10,12H2,1H3;1H. The predicted molar refractivity (Wildman–Crippen MR) is 106 cm³/mol. The number of aromatic amines is 1. The van der Waals surface area contributed by atoms with Gasteiger partial charge in [-0.3, -0.25) is 0 Å². The molecule has 3 rings (SSSR count). The van der Waals surface area contributed by atoms with Gasteiger partial charge in [0.15, 0.2) is 0 Å². The molecule has 5 heteroatoms. The number of nitrogens with one attached hydrogen (secondary N) is 2. The van der Waals surface area contributed by atoms with Crippen LogP contribution < -0.4 is 10.1 Å². The molecule has 0 fully saturated rings. The second kappa shape index (κ2) is 9.11. The third kappa shape index (κ3) is 4.53. The van der Waals surface area contributed by atoms with Crippen molar-refractivity contribution in [3.05, 3.63) is 64.3 Å². The second-order valence-electron chi connectivity index (χ2n) is 5.47. The van der Waals surface area contributed by atoms with Crippen molar-refractivity contribution in [1.29, 1.82) is 0 Å². The zero-order valence-corrected chi connectivity index (χ0v) is 16.0. The van der Waals surface area contributed by atoms with Crippen molar-refractivity contribution < 1.29 is 4.74 Å². The van der Waals surface area contributed by atoms with E-state index in [1.54, 1.807) is 0 Å². The Morgan fingerprint density at radius 1 is 1.12 bits per heavy atom. The first kappa shape index (κ1) is 18.8. The van der Waals surface area contributed by atoms with Crippen molar-refractivity contribution in [2.24, 2.45) is 0 Å². The van der Waals surface area contributed by atoms with Gasteiger partial charge in [-0.15, -0.1) is 12.4 Å². The quantitative estimate of drug-likeness (QED) is 0.534. The molecular weight excluding hydrogens is 388 g/mol. The van der Waals surface area contributed by atoms with Crippen LogP contribution in [0.3, 0.4) is 0 Å². The number of hydrogen-bond acceptors (Lipinski definition) is 2. The summed E-state index contributed by atoms with van der Waals surface area (Å²) in [5.41, 5.74) is 3.74. The number of halogens is 2. The fraction of sp³-hybridized carbons (Fsp3) is 0.263. The summed E-state index contributed by atoms with van der Waals surface area (Å²) >= 11 is 3.53. The molecule has 0 spiro atoms. The highest BCUT2D eigenvalue weighted by Crippen LogP contribution is 2.23. The Labute approximate surface area is 157 Å². The monoisotopic (exact) mass is 408 g/mol. The smallest absolute Gasteiger partial charge is 0.123 e. The molecule has 1 aromatic heterocycles. The minimum atomic E-state index is 0. The fourth-order valence-corrected chi connectivity index (χ4v) is 3.18. The van der Waals surface area contributed by atoms with Crippen LogP contribution in [-0.4, -0.2) is 18.1 Å². The molecular formula is C19H22BrClN2O. The summed E-state index contributed by atoms with van der Waals surface area (Å²) in [6, 6.07) is 14.6. The van der Waals surface area contributed by atoms with E-state index in [4.69, 9.17) is 4.74 Å². The summed E-state index contributed by atoms with van der Waals surface area (Å²) in [4.78, 5) is 3.33. The maximum atomic E-state index is 5.69. The Bertz CT molecular complexity index is 788. The highest BCUT2D eigenvalue weighted by molar-refractivity contribution is 9.10. The van der Waals surface area contributed by atoms with Gasteiger partial charge in [0.1, 0.15) is 5.75 Å². The Morgan fingerprint density at radius 2 is 1.96 bits per heavy atom. The third-order valence-corrected chi connectivity index (χ3v) is 4.38. The van der Waals surface area contributed by atoms with Gasteiger partial charge in [-0.1, -0.05) is 34.1 Å². The van der Waals surface area contributed by atoms with Crippen molar-refractivity contribution in [3.8, 4) is 5.75 Å². The van der Waals surface area contributed by atoms with Crippen LogP contribution in [0.4, 0.5) is 0 Å². The topological polar surface area (TPSA) is 37.0 Å². The average molecular weight is 410 g/mol. The number of para-hydroxylation sites is 1. The van der Waals surface area contributed by atoms with Crippen molar-refractivity contribution in [2.45, 2.75) is 19.9 Å². The lowest BCUT2D eigenvalue weighted by Crippen LogP contribution is -2.17. The Kier molecular flexibility index (Phi) is 7.16. The lowest BCUT2D eigenvalue weighted by atomic mass is 10.1. The van der Waals surface area contributed by atoms with E-state index in [9.17, 15) is 0 Å². The van der Waals surface area contributed by atoms with Gasteiger partial charge in [-0.25, -0.2) is 0 Å². The zero-order valence-electron chi connectivity index (χ0n) is 13.6. The molecule has 3 aromatic rings. The van der Waals surface area contributed by atoms with Crippen LogP contribution in [0.25, 0.3) is 10.9 Å². The maximum Gasteiger partial charge on any atom is 0.123 e. The van der Waals surface area contributed by atoms with Gasteiger partial charge in [0.05, 0.1) is 6.61 Å². The number of hydrogen-bond donors (Lipinski definition) is 2. The van der Waals surface area contributed by atoms with Crippen LogP contribution in [0.15, 0.2) is 53.1 Å². The van der Waals surface area contributed by atoms with E-state index in [0.29, 0.717) is 6.61 Å². The summed E-state index contributed by atoms with van der Waals surface area (Å²) in [5.74, 6) is 0.954. The molecule has 3 nitrogen and oxygen atoms in total. The van der Waals surface area contributed by atoms with Crippen LogP contribution in [-0.2, 0) is 13.0 Å². The van der Waals surface area contributed by atoms with Crippen molar-refractivity contribution >= 4 is 39.2 Å². The van der Waals surface area contributed by atoms with Gasteiger partial charge in [0.2, 0.25) is 0 Å². The van der Waals surface area contributed by atoms with Crippen molar-refractivity contribution in [2.75, 3.05) is 13.2 Å². The van der Waals surface area contributed by atoms with Crippen LogP contribution in [0.5, 0.6) is 5.75 Å². The highest BCUT2D eigenvalue weighted by Gasteiger charge is 2.05. The summed E-state index contributed by atoms with van der Waals surface area (Å²) in [7, 11) is 0. The Morgan fingerprint density at radius 3 is 2.79 bits per heavy atom. The van der Waals surface area contributed by atoms with Crippen LogP contribution >= 0.6 is 28.3 Å². The van der Waals surface area contributed by atoms with Crippen molar-refractivity contribution in [1.82, 2.24) is 10.3 Å². The Hall–Kier alpha value is -1.49. The molecule has 0 aliphatic rings. The van der Waals surface area contributed by atoms with Gasteiger partial charge in [0.25, 0.3) is 0 Å². The van der Waals surface area contributed by atoms with E-state index in [1.807, 2.05) is 19.1 Å². The van der Waals surface area contributed by atoms with Gasteiger partial charge in [-0.2, -0.15) is 0 Å². The molecule has 0 atom stereocenters. The molecule has 0 aliphatic heterocycles. The SMILES string of the molecule is CCOc1ccc(Br)cc1CNCCc1c[nH]c2ccccc12.Cl. The molecule has 0 radical (unpaired) electrons. The van der Waals surface area contributed by atoms with Crippen LogP contribution in [0, 0.1) is 0 Å². The number of aromatic nitrogens is 1. The zero-order chi connectivity index (χ0) is 16.1. The molecule has 0 saturated heterocycles. The van der Waals surface area contributed by atoms with Gasteiger partial charge >= 0.3 is 0 Å². The lowest BCUT2D eigenvalue weighted by Gasteiger charge is -2.11. The predicted octanol–water partition coefficient (Wildman–Crippen LogP) is 5.08. The minimum Gasteiger partial charge on any atom is -0.494 e. The summed E-state index contributed by atoms with van der Waals surface area (Å²) in [5, 5.41) is 4.83. The van der Waals surface area contributed by atoms with Gasteiger partial charge in [-0.05, 0) is 49.7 Å². The van der Waals surface area contributed by atoms with E-state index in [1.165, 1.54) is 22.0 Å². The molecule has 2 N–H and O–H groups in total. The number of rotatable bonds is 7. The summed E-state index contributed by atoms with van der Waals surface area (Å²) in [6.45, 7) is 4.43. The number of fused-ring (bicyclic) bond motifs is 1. The lowest BCUT2D eigenvalue weighted by molar-refractivity contribution is 0.335. The van der Waals surface area contributed by atoms with E-state index in [-0.39, 0.29) is 12.4 Å². The van der Waals surface area contributed by atoms with Crippen LogP contribution in [0.1, 0.15) is 18.1 Å². The minimum absolute atomic E-state index is 0. The molecule has 0 bridgehead atoms. The van der Waals surface area contributed by atoms with Crippen molar-refractivity contribution in [3.63, 3.8) is 0 Å². The molecule has 1 heterocycles. The molecule has 0 amide bonds. The first-order valence-electron chi connectivity index (χ1n) is 7.95. The van der Waals surface area contributed by atoms with Gasteiger partial charge in [0, 0.05) is 33.7 Å². The highest BCUT2D eigenvalue weighted by atomic mass is 79.9. The average Bonchev–Trinajstić information content (AvgIpc) is 2.97. The van der Waals surface area contributed by atoms with E-state index >= 15 is 0 Å². The third-order valence-electron chi connectivity index (χ3n) is 3.88. The first-order valence-corrected chi connectivity index (χ1v) is 8.74. The normalized spacial score (nSPS) is 10.6. The number of benzene rings is 2. The molecule has 0 unspecified atom stereocenters. The second-order valence-corrected chi connectivity index (χ2v) is 6.39. The van der Waals surface area contributed by atoms with E-state index < -0.39 is 0 Å². The van der Waals surface area contributed by atoms with E-state index in [2.05, 4.69) is 62.8 Å². The van der Waals surface area contributed by atoms with Crippen LogP contribution in [0.2, 0.25) is 0 Å². The Balaban J connectivity index is 0.00000208. The largest absolute Gasteiger partial charge is 0.494 e.